The Morgan fingerprint density at radius 3 is 2.46 bits per heavy atom. The van der Waals surface area contributed by atoms with E-state index in [1.54, 1.807) is 17.8 Å². The van der Waals surface area contributed by atoms with E-state index in [0.717, 1.165) is 10.5 Å². The molecule has 1 heterocycles. The first-order chi connectivity index (χ1) is 13.3. The Balaban J connectivity index is 1.85. The number of thioether (sulfide) groups is 1. The number of hydrogen-bond acceptors (Lipinski definition) is 5. The summed E-state index contributed by atoms with van der Waals surface area (Å²) in [6, 6.07) is 14.9. The van der Waals surface area contributed by atoms with E-state index in [1.165, 1.54) is 30.5 Å². The highest BCUT2D eigenvalue weighted by Crippen LogP contribution is 2.29. The molecule has 0 aliphatic carbocycles. The summed E-state index contributed by atoms with van der Waals surface area (Å²) in [4.78, 5) is 17.4. The molecule has 1 aromatic heterocycles. The van der Waals surface area contributed by atoms with E-state index in [0.29, 0.717) is 10.7 Å². The highest BCUT2D eigenvalue weighted by Gasteiger charge is 2.21. The lowest BCUT2D eigenvalue weighted by Crippen LogP contribution is -2.30. The van der Waals surface area contributed by atoms with Crippen molar-refractivity contribution in [2.75, 3.05) is 6.26 Å². The van der Waals surface area contributed by atoms with Gasteiger partial charge in [0.05, 0.1) is 16.3 Å². The van der Waals surface area contributed by atoms with Crippen LogP contribution in [0.1, 0.15) is 10.4 Å². The Kier molecular flexibility index (Phi) is 6.30. The van der Waals surface area contributed by atoms with Gasteiger partial charge in [-0.2, -0.15) is 0 Å². The fraction of sp³-hybridized carbons (Fsp3) is 0.0526. The predicted molar refractivity (Wildman–Crippen MR) is 113 cm³/mol. The fourth-order valence-electron chi connectivity index (χ4n) is 2.46. The lowest BCUT2D eigenvalue weighted by molar-refractivity contribution is 0.0981. The van der Waals surface area contributed by atoms with Crippen LogP contribution in [0.4, 0.5) is 0 Å². The molecule has 0 saturated heterocycles. The Morgan fingerprint density at radius 1 is 1.07 bits per heavy atom. The second kappa shape index (κ2) is 8.53. The first-order valence-corrected chi connectivity index (χ1v) is 11.4. The minimum atomic E-state index is -4.11. The molecule has 1 amide bonds. The summed E-state index contributed by atoms with van der Waals surface area (Å²) in [5.41, 5.74) is 1.54. The molecule has 0 bridgehead atoms. The second-order valence-corrected chi connectivity index (χ2v) is 9.01. The van der Waals surface area contributed by atoms with E-state index in [4.69, 9.17) is 23.2 Å². The van der Waals surface area contributed by atoms with Gasteiger partial charge in [0.2, 0.25) is 0 Å². The standard InChI is InChI=1S/C19H14Cl2N2O3S2/c1-27-18-5-3-2-4-15(18)17-9-7-13(11-22-17)28(25,26)23-19(24)14-8-6-12(20)10-16(14)21/h2-11H,1H3,(H,23,24). The molecule has 5 nitrogen and oxygen atoms in total. The number of carbonyl (C=O) groups is 1. The van der Waals surface area contributed by atoms with Crippen LogP contribution in [0.25, 0.3) is 11.3 Å². The molecule has 0 spiro atoms. The number of amides is 1. The third kappa shape index (κ3) is 4.50. The third-order valence-corrected chi connectivity index (χ3v) is 6.49. The summed E-state index contributed by atoms with van der Waals surface area (Å²) < 4.78 is 27.0. The molecule has 0 atom stereocenters. The van der Waals surface area contributed by atoms with E-state index >= 15 is 0 Å². The van der Waals surface area contributed by atoms with Crippen LogP contribution in [0.5, 0.6) is 0 Å². The van der Waals surface area contributed by atoms with Crippen LogP contribution >= 0.6 is 35.0 Å². The summed E-state index contributed by atoms with van der Waals surface area (Å²) in [6.45, 7) is 0. The van der Waals surface area contributed by atoms with Crippen molar-refractivity contribution in [3.8, 4) is 11.3 Å². The summed E-state index contributed by atoms with van der Waals surface area (Å²) >= 11 is 13.3. The van der Waals surface area contributed by atoms with Gasteiger partial charge in [-0.15, -0.1) is 11.8 Å². The maximum absolute atomic E-state index is 12.5. The predicted octanol–water partition coefficient (Wildman–Crippen LogP) is 4.90. The van der Waals surface area contributed by atoms with Crippen LogP contribution in [0.3, 0.4) is 0 Å². The molecular weight excluding hydrogens is 439 g/mol. The van der Waals surface area contributed by atoms with Crippen molar-refractivity contribution >= 4 is 50.9 Å². The van der Waals surface area contributed by atoms with Gasteiger partial charge in [-0.3, -0.25) is 9.78 Å². The number of halogens is 2. The van der Waals surface area contributed by atoms with Crippen LogP contribution in [0.15, 0.2) is 70.6 Å². The van der Waals surface area contributed by atoms with Gasteiger partial charge in [0, 0.05) is 21.7 Å². The molecular formula is C19H14Cl2N2O3S2. The highest BCUT2D eigenvalue weighted by atomic mass is 35.5. The van der Waals surface area contributed by atoms with E-state index in [-0.39, 0.29) is 15.5 Å². The normalized spacial score (nSPS) is 11.2. The Bertz CT molecular complexity index is 1130. The van der Waals surface area contributed by atoms with Gasteiger partial charge in [-0.1, -0.05) is 41.4 Å². The number of hydrogen-bond donors (Lipinski definition) is 1. The Hall–Kier alpha value is -2.06. The zero-order chi connectivity index (χ0) is 20.3. The number of carbonyl (C=O) groups excluding carboxylic acids is 1. The molecule has 28 heavy (non-hydrogen) atoms. The van der Waals surface area contributed by atoms with Crippen LogP contribution in [-0.2, 0) is 10.0 Å². The van der Waals surface area contributed by atoms with Crippen LogP contribution < -0.4 is 4.72 Å². The maximum atomic E-state index is 12.5. The molecule has 0 unspecified atom stereocenters. The van der Waals surface area contributed by atoms with Gasteiger partial charge in [0.25, 0.3) is 15.9 Å². The van der Waals surface area contributed by atoms with Crippen molar-refractivity contribution < 1.29 is 13.2 Å². The smallest absolute Gasteiger partial charge is 0.266 e. The summed E-state index contributed by atoms with van der Waals surface area (Å²) in [5.74, 6) is -0.849. The van der Waals surface area contributed by atoms with E-state index in [2.05, 4.69) is 4.98 Å². The largest absolute Gasteiger partial charge is 0.268 e. The fourth-order valence-corrected chi connectivity index (χ4v) is 4.48. The molecule has 2 aromatic carbocycles. The summed E-state index contributed by atoms with van der Waals surface area (Å²) in [7, 11) is -4.11. The maximum Gasteiger partial charge on any atom is 0.266 e. The zero-order valence-electron chi connectivity index (χ0n) is 14.5. The number of sulfonamides is 1. The highest BCUT2D eigenvalue weighted by molar-refractivity contribution is 7.98. The Labute approximate surface area is 177 Å². The molecule has 0 radical (unpaired) electrons. The van der Waals surface area contributed by atoms with Crippen molar-refractivity contribution in [3.05, 3.63) is 76.4 Å². The monoisotopic (exact) mass is 452 g/mol. The first kappa shape index (κ1) is 20.7. The van der Waals surface area contributed by atoms with Gasteiger partial charge in [-0.25, -0.2) is 13.1 Å². The molecule has 3 aromatic rings. The van der Waals surface area contributed by atoms with Crippen molar-refractivity contribution in [1.82, 2.24) is 9.71 Å². The number of nitrogens with one attached hydrogen (secondary N) is 1. The van der Waals surface area contributed by atoms with Crippen molar-refractivity contribution in [2.45, 2.75) is 9.79 Å². The summed E-state index contributed by atoms with van der Waals surface area (Å²) in [5, 5.41) is 0.400. The van der Waals surface area contributed by atoms with Crippen molar-refractivity contribution in [1.29, 1.82) is 0 Å². The minimum absolute atomic E-state index is 0.00752. The molecule has 0 fully saturated rings. The number of pyridine rings is 1. The lowest BCUT2D eigenvalue weighted by atomic mass is 10.1. The molecule has 0 saturated carbocycles. The third-order valence-electron chi connectivity index (χ3n) is 3.83. The van der Waals surface area contributed by atoms with Gasteiger partial charge in [0.15, 0.2) is 0 Å². The summed E-state index contributed by atoms with van der Waals surface area (Å²) in [6.07, 6.45) is 3.17. The van der Waals surface area contributed by atoms with E-state index < -0.39 is 15.9 Å². The average molecular weight is 453 g/mol. The number of benzene rings is 2. The van der Waals surface area contributed by atoms with Crippen molar-refractivity contribution in [3.63, 3.8) is 0 Å². The molecule has 0 aliphatic heterocycles. The molecule has 144 valence electrons. The topological polar surface area (TPSA) is 76.1 Å². The number of rotatable bonds is 5. The van der Waals surface area contributed by atoms with Crippen LogP contribution in [0.2, 0.25) is 10.0 Å². The molecule has 1 N–H and O–H groups in total. The molecule has 0 aliphatic rings. The van der Waals surface area contributed by atoms with Gasteiger partial charge >= 0.3 is 0 Å². The number of aromatic nitrogens is 1. The van der Waals surface area contributed by atoms with E-state index in [9.17, 15) is 13.2 Å². The zero-order valence-corrected chi connectivity index (χ0v) is 17.7. The van der Waals surface area contributed by atoms with Crippen molar-refractivity contribution in [2.24, 2.45) is 0 Å². The van der Waals surface area contributed by atoms with E-state index in [1.807, 2.05) is 35.2 Å². The average Bonchev–Trinajstić information content (AvgIpc) is 2.67. The molecule has 9 heteroatoms. The first-order valence-electron chi connectivity index (χ1n) is 7.93. The van der Waals surface area contributed by atoms with Crippen LogP contribution in [0, 0.1) is 0 Å². The SMILES string of the molecule is CSc1ccccc1-c1ccc(S(=O)(=O)NC(=O)c2ccc(Cl)cc2Cl)cn1. The quantitative estimate of drug-likeness (QED) is 0.557. The second-order valence-electron chi connectivity index (χ2n) is 5.64. The van der Waals surface area contributed by atoms with Gasteiger partial charge in [0.1, 0.15) is 4.90 Å². The minimum Gasteiger partial charge on any atom is -0.268 e. The van der Waals surface area contributed by atoms with Gasteiger partial charge in [-0.05, 0) is 42.7 Å². The van der Waals surface area contributed by atoms with Crippen LogP contribution in [-0.4, -0.2) is 25.6 Å². The Morgan fingerprint density at radius 2 is 1.82 bits per heavy atom. The van der Waals surface area contributed by atoms with Gasteiger partial charge < -0.3 is 0 Å². The lowest BCUT2D eigenvalue weighted by Gasteiger charge is -2.10. The molecule has 3 rings (SSSR count). The number of nitrogens with zero attached hydrogens (tertiary/aromatic N) is 1.